The maximum absolute atomic E-state index is 10.4. The van der Waals surface area contributed by atoms with Gasteiger partial charge in [0.05, 0.1) is 0 Å². The Morgan fingerprint density at radius 3 is 2.47 bits per heavy atom. The smallest absolute Gasteiger partial charge is 0.303 e. The molecule has 0 amide bonds. The van der Waals surface area contributed by atoms with Crippen LogP contribution in [0.3, 0.4) is 0 Å². The number of carboxylic acids is 1. The second-order valence-electron chi connectivity index (χ2n) is 4.95. The van der Waals surface area contributed by atoms with Gasteiger partial charge < -0.3 is 14.9 Å². The minimum absolute atomic E-state index is 0.277. The molecule has 0 saturated carbocycles. The standard InChI is InChI=1S/C12H25N3O2/c1-13(5-3-4-12(16)17)6-9-15-10-7-14(2)8-11-15/h3-11H2,1-2H3,(H,16,17). The van der Waals surface area contributed by atoms with E-state index in [2.05, 4.69) is 28.8 Å². The van der Waals surface area contributed by atoms with Crippen LogP contribution in [0.2, 0.25) is 0 Å². The van der Waals surface area contributed by atoms with Gasteiger partial charge >= 0.3 is 5.97 Å². The number of likely N-dealkylation sites (N-methyl/N-ethyl adjacent to an activating group) is 2. The Hall–Kier alpha value is -0.650. The van der Waals surface area contributed by atoms with E-state index < -0.39 is 5.97 Å². The van der Waals surface area contributed by atoms with E-state index >= 15 is 0 Å². The maximum Gasteiger partial charge on any atom is 0.303 e. The van der Waals surface area contributed by atoms with E-state index in [1.165, 1.54) is 0 Å². The third-order valence-electron chi connectivity index (χ3n) is 3.32. The molecule has 0 atom stereocenters. The summed E-state index contributed by atoms with van der Waals surface area (Å²) in [5.41, 5.74) is 0. The summed E-state index contributed by atoms with van der Waals surface area (Å²) in [5, 5.41) is 8.55. The number of hydrogen-bond donors (Lipinski definition) is 1. The van der Waals surface area contributed by atoms with Gasteiger partial charge in [-0.15, -0.1) is 0 Å². The largest absolute Gasteiger partial charge is 0.481 e. The van der Waals surface area contributed by atoms with Gasteiger partial charge in [0.1, 0.15) is 0 Å². The van der Waals surface area contributed by atoms with Crippen molar-refractivity contribution in [1.82, 2.24) is 14.7 Å². The Morgan fingerprint density at radius 2 is 1.88 bits per heavy atom. The zero-order valence-electron chi connectivity index (χ0n) is 11.1. The van der Waals surface area contributed by atoms with Crippen LogP contribution in [0, 0.1) is 0 Å². The first-order valence-corrected chi connectivity index (χ1v) is 6.39. The van der Waals surface area contributed by atoms with Crippen LogP contribution in [-0.4, -0.2) is 85.7 Å². The lowest BCUT2D eigenvalue weighted by Gasteiger charge is -2.33. The molecule has 17 heavy (non-hydrogen) atoms. The van der Waals surface area contributed by atoms with Crippen LogP contribution >= 0.6 is 0 Å². The molecule has 5 nitrogen and oxygen atoms in total. The molecule has 1 aliphatic heterocycles. The minimum Gasteiger partial charge on any atom is -0.481 e. The Kier molecular flexibility index (Phi) is 6.47. The molecule has 0 aliphatic carbocycles. The molecule has 100 valence electrons. The molecule has 1 aliphatic rings. The Morgan fingerprint density at radius 1 is 1.24 bits per heavy atom. The van der Waals surface area contributed by atoms with Crippen molar-refractivity contribution in [3.05, 3.63) is 0 Å². The van der Waals surface area contributed by atoms with Crippen molar-refractivity contribution in [1.29, 1.82) is 0 Å². The Balaban J connectivity index is 2.03. The van der Waals surface area contributed by atoms with Crippen molar-refractivity contribution in [3.8, 4) is 0 Å². The fraction of sp³-hybridized carbons (Fsp3) is 0.917. The van der Waals surface area contributed by atoms with Gasteiger partial charge in [-0.05, 0) is 27.1 Å². The number of piperazine rings is 1. The number of aliphatic carboxylic acids is 1. The molecular formula is C12H25N3O2. The monoisotopic (exact) mass is 243 g/mol. The van der Waals surface area contributed by atoms with E-state index in [9.17, 15) is 4.79 Å². The Labute approximate surface area is 104 Å². The van der Waals surface area contributed by atoms with E-state index in [-0.39, 0.29) is 6.42 Å². The van der Waals surface area contributed by atoms with E-state index in [0.717, 1.165) is 52.2 Å². The Bertz CT molecular complexity index is 228. The topological polar surface area (TPSA) is 47.0 Å². The van der Waals surface area contributed by atoms with Gasteiger partial charge in [-0.2, -0.15) is 0 Å². The highest BCUT2D eigenvalue weighted by Crippen LogP contribution is 1.99. The van der Waals surface area contributed by atoms with Crippen molar-refractivity contribution in [2.24, 2.45) is 0 Å². The first-order valence-electron chi connectivity index (χ1n) is 6.39. The average molecular weight is 243 g/mol. The fourth-order valence-electron chi connectivity index (χ4n) is 2.00. The molecule has 0 aromatic carbocycles. The molecule has 0 spiro atoms. The van der Waals surface area contributed by atoms with Gasteiger partial charge in [0.25, 0.3) is 0 Å². The highest BCUT2D eigenvalue weighted by atomic mass is 16.4. The maximum atomic E-state index is 10.4. The summed E-state index contributed by atoms with van der Waals surface area (Å²) in [6.45, 7) is 7.62. The zero-order valence-corrected chi connectivity index (χ0v) is 11.1. The van der Waals surface area contributed by atoms with Crippen LogP contribution in [0.5, 0.6) is 0 Å². The first-order chi connectivity index (χ1) is 8.08. The van der Waals surface area contributed by atoms with Gasteiger partial charge in [0.2, 0.25) is 0 Å². The van der Waals surface area contributed by atoms with E-state index in [1.54, 1.807) is 0 Å². The van der Waals surface area contributed by atoms with E-state index in [4.69, 9.17) is 5.11 Å². The molecule has 1 N–H and O–H groups in total. The predicted molar refractivity (Wildman–Crippen MR) is 68.3 cm³/mol. The van der Waals surface area contributed by atoms with Crippen LogP contribution in [0.15, 0.2) is 0 Å². The number of carboxylic acid groups (broad SMARTS) is 1. The highest BCUT2D eigenvalue weighted by Gasteiger charge is 2.13. The van der Waals surface area contributed by atoms with Crippen molar-refractivity contribution in [3.63, 3.8) is 0 Å². The summed E-state index contributed by atoms with van der Waals surface area (Å²) in [7, 11) is 4.23. The second-order valence-corrected chi connectivity index (χ2v) is 4.95. The van der Waals surface area contributed by atoms with Gasteiger partial charge in [0, 0.05) is 45.7 Å². The predicted octanol–water partition coefficient (Wildman–Crippen LogP) is 0.0304. The lowest BCUT2D eigenvalue weighted by Crippen LogP contribution is -2.46. The van der Waals surface area contributed by atoms with Crippen molar-refractivity contribution in [2.45, 2.75) is 12.8 Å². The number of hydrogen-bond acceptors (Lipinski definition) is 4. The van der Waals surface area contributed by atoms with Crippen LogP contribution in [0.4, 0.5) is 0 Å². The van der Waals surface area contributed by atoms with Crippen molar-refractivity contribution < 1.29 is 9.90 Å². The van der Waals surface area contributed by atoms with Crippen molar-refractivity contribution >= 4 is 5.97 Å². The zero-order chi connectivity index (χ0) is 12.7. The summed E-state index contributed by atoms with van der Waals surface area (Å²) in [6.07, 6.45) is 1.02. The molecular weight excluding hydrogens is 218 g/mol. The third-order valence-corrected chi connectivity index (χ3v) is 3.32. The van der Waals surface area contributed by atoms with Crippen molar-refractivity contribution in [2.75, 3.05) is 59.9 Å². The van der Waals surface area contributed by atoms with Gasteiger partial charge in [-0.1, -0.05) is 0 Å². The quantitative estimate of drug-likeness (QED) is 0.683. The average Bonchev–Trinajstić information content (AvgIpc) is 2.28. The SMILES string of the molecule is CN(CCCC(=O)O)CCN1CCN(C)CC1. The number of nitrogens with zero attached hydrogens (tertiary/aromatic N) is 3. The molecule has 0 bridgehead atoms. The van der Waals surface area contributed by atoms with Crippen LogP contribution in [-0.2, 0) is 4.79 Å². The highest BCUT2D eigenvalue weighted by molar-refractivity contribution is 5.66. The summed E-state index contributed by atoms with van der Waals surface area (Å²) < 4.78 is 0. The molecule has 1 fully saturated rings. The molecule has 1 rings (SSSR count). The molecule has 0 aromatic heterocycles. The van der Waals surface area contributed by atoms with Crippen LogP contribution in [0.1, 0.15) is 12.8 Å². The first kappa shape index (κ1) is 14.4. The van der Waals surface area contributed by atoms with Crippen LogP contribution < -0.4 is 0 Å². The third kappa shape index (κ3) is 6.61. The molecule has 5 heteroatoms. The van der Waals surface area contributed by atoms with E-state index in [0.29, 0.717) is 0 Å². The van der Waals surface area contributed by atoms with Gasteiger partial charge in [-0.3, -0.25) is 9.69 Å². The normalized spacial score (nSPS) is 18.8. The summed E-state index contributed by atoms with van der Waals surface area (Å²) >= 11 is 0. The number of carbonyl (C=O) groups is 1. The fourth-order valence-corrected chi connectivity index (χ4v) is 2.00. The van der Waals surface area contributed by atoms with Crippen LogP contribution in [0.25, 0.3) is 0 Å². The lowest BCUT2D eigenvalue weighted by molar-refractivity contribution is -0.137. The van der Waals surface area contributed by atoms with Gasteiger partial charge in [0.15, 0.2) is 0 Å². The molecule has 0 unspecified atom stereocenters. The second kappa shape index (κ2) is 7.63. The summed E-state index contributed by atoms with van der Waals surface area (Å²) in [6, 6.07) is 0. The molecule has 1 heterocycles. The van der Waals surface area contributed by atoms with Gasteiger partial charge in [-0.25, -0.2) is 0 Å². The summed E-state index contributed by atoms with van der Waals surface area (Å²) in [5.74, 6) is -0.697. The lowest BCUT2D eigenvalue weighted by atomic mass is 10.3. The molecule has 1 saturated heterocycles. The molecule has 0 radical (unpaired) electrons. The minimum atomic E-state index is -0.697. The summed E-state index contributed by atoms with van der Waals surface area (Å²) in [4.78, 5) is 17.4. The number of rotatable bonds is 7. The van der Waals surface area contributed by atoms with E-state index in [1.807, 2.05) is 0 Å². The molecule has 0 aromatic rings.